The molecule has 0 amide bonds. The average molecular weight is 298 g/mol. The predicted octanol–water partition coefficient (Wildman–Crippen LogP) is 3.45. The Hall–Kier alpha value is -2.75. The molecular weight excluding hydrogens is 280 g/mol. The van der Waals surface area contributed by atoms with Gasteiger partial charge in [0, 0.05) is 11.6 Å². The van der Waals surface area contributed by atoms with Crippen LogP contribution in [0.4, 0.5) is 0 Å². The fourth-order valence-corrected chi connectivity index (χ4v) is 2.06. The summed E-state index contributed by atoms with van der Waals surface area (Å²) < 4.78 is 15.6. The smallest absolute Gasteiger partial charge is 0.150 e. The number of methoxy groups -OCH3 is 3. The van der Waals surface area contributed by atoms with Crippen LogP contribution in [-0.2, 0) is 4.79 Å². The monoisotopic (exact) mass is 298 g/mol. The summed E-state index contributed by atoms with van der Waals surface area (Å²) in [6.45, 7) is 0. The Morgan fingerprint density at radius 2 is 1.36 bits per heavy atom. The highest BCUT2D eigenvalue weighted by Crippen LogP contribution is 2.26. The van der Waals surface area contributed by atoms with Crippen LogP contribution in [0.2, 0.25) is 0 Å². The van der Waals surface area contributed by atoms with Crippen molar-refractivity contribution in [3.05, 3.63) is 53.6 Å². The van der Waals surface area contributed by atoms with E-state index in [0.717, 1.165) is 23.2 Å². The highest BCUT2D eigenvalue weighted by molar-refractivity contribution is 6.13. The maximum atomic E-state index is 11.4. The SMILES string of the molecule is COc1ccc(/C(C=O)=C/c2cc(OC)cc(OC)c2)cc1. The summed E-state index contributed by atoms with van der Waals surface area (Å²) in [6.07, 6.45) is 2.62. The number of allylic oxidation sites excluding steroid dienone is 1. The third kappa shape index (κ3) is 3.67. The van der Waals surface area contributed by atoms with Crippen LogP contribution in [0.5, 0.6) is 17.2 Å². The van der Waals surface area contributed by atoms with Gasteiger partial charge in [-0.05, 0) is 41.5 Å². The zero-order valence-corrected chi connectivity index (χ0v) is 12.8. The molecule has 0 aliphatic carbocycles. The number of hydrogen-bond acceptors (Lipinski definition) is 4. The van der Waals surface area contributed by atoms with E-state index in [4.69, 9.17) is 14.2 Å². The van der Waals surface area contributed by atoms with Crippen molar-refractivity contribution in [2.24, 2.45) is 0 Å². The molecule has 22 heavy (non-hydrogen) atoms. The minimum atomic E-state index is 0.568. The standard InChI is InChI=1S/C18H18O4/c1-20-16-6-4-14(5-7-16)15(12-19)8-13-9-17(21-2)11-18(10-13)22-3/h4-12H,1-3H3/b15-8+. The van der Waals surface area contributed by atoms with Crippen molar-refractivity contribution in [3.63, 3.8) is 0 Å². The van der Waals surface area contributed by atoms with Gasteiger partial charge >= 0.3 is 0 Å². The molecule has 0 bridgehead atoms. The number of ether oxygens (including phenoxy) is 3. The lowest BCUT2D eigenvalue weighted by Gasteiger charge is -2.07. The van der Waals surface area contributed by atoms with E-state index in [1.165, 1.54) is 0 Å². The number of rotatable bonds is 6. The van der Waals surface area contributed by atoms with Gasteiger partial charge in [0.15, 0.2) is 6.29 Å². The van der Waals surface area contributed by atoms with Gasteiger partial charge in [0.2, 0.25) is 0 Å². The van der Waals surface area contributed by atoms with Gasteiger partial charge in [-0.2, -0.15) is 0 Å². The van der Waals surface area contributed by atoms with Crippen LogP contribution in [-0.4, -0.2) is 27.6 Å². The second-order valence-corrected chi connectivity index (χ2v) is 4.59. The van der Waals surface area contributed by atoms with E-state index in [9.17, 15) is 4.79 Å². The number of carbonyl (C=O) groups is 1. The summed E-state index contributed by atoms with van der Waals surface area (Å²) in [5, 5.41) is 0. The lowest BCUT2D eigenvalue weighted by Crippen LogP contribution is -1.90. The Morgan fingerprint density at radius 1 is 0.818 bits per heavy atom. The Bertz CT molecular complexity index is 650. The van der Waals surface area contributed by atoms with Gasteiger partial charge in [-0.15, -0.1) is 0 Å². The largest absolute Gasteiger partial charge is 0.497 e. The van der Waals surface area contributed by atoms with E-state index in [2.05, 4.69) is 0 Å². The van der Waals surface area contributed by atoms with Crippen LogP contribution in [0, 0.1) is 0 Å². The van der Waals surface area contributed by atoms with Crippen LogP contribution in [0.15, 0.2) is 42.5 Å². The topological polar surface area (TPSA) is 44.8 Å². The van der Waals surface area contributed by atoms with Gasteiger partial charge in [-0.1, -0.05) is 12.1 Å². The Labute approximate surface area is 129 Å². The maximum Gasteiger partial charge on any atom is 0.150 e. The molecule has 0 heterocycles. The van der Waals surface area contributed by atoms with E-state index >= 15 is 0 Å². The van der Waals surface area contributed by atoms with E-state index in [0.29, 0.717) is 17.1 Å². The van der Waals surface area contributed by atoms with Crippen LogP contribution in [0.1, 0.15) is 11.1 Å². The first kappa shape index (κ1) is 15.6. The zero-order valence-electron chi connectivity index (χ0n) is 12.8. The van der Waals surface area contributed by atoms with Crippen LogP contribution < -0.4 is 14.2 Å². The minimum Gasteiger partial charge on any atom is -0.497 e. The number of aldehydes is 1. The molecular formula is C18H18O4. The van der Waals surface area contributed by atoms with E-state index in [1.807, 2.05) is 36.4 Å². The fraction of sp³-hybridized carbons (Fsp3) is 0.167. The summed E-state index contributed by atoms with van der Waals surface area (Å²) in [4.78, 5) is 11.4. The highest BCUT2D eigenvalue weighted by atomic mass is 16.5. The van der Waals surface area contributed by atoms with Gasteiger partial charge in [-0.3, -0.25) is 4.79 Å². The highest BCUT2D eigenvalue weighted by Gasteiger charge is 2.04. The quantitative estimate of drug-likeness (QED) is 0.465. The van der Waals surface area contributed by atoms with Gasteiger partial charge < -0.3 is 14.2 Å². The van der Waals surface area contributed by atoms with Gasteiger partial charge in [0.25, 0.3) is 0 Å². The molecule has 0 radical (unpaired) electrons. The summed E-state index contributed by atoms with van der Waals surface area (Å²) >= 11 is 0. The first-order valence-corrected chi connectivity index (χ1v) is 6.74. The lowest BCUT2D eigenvalue weighted by atomic mass is 10.0. The maximum absolute atomic E-state index is 11.4. The fourth-order valence-electron chi connectivity index (χ4n) is 2.06. The van der Waals surface area contributed by atoms with Crippen molar-refractivity contribution in [2.75, 3.05) is 21.3 Å². The van der Waals surface area contributed by atoms with Crippen molar-refractivity contribution in [1.82, 2.24) is 0 Å². The molecule has 0 aromatic heterocycles. The summed E-state index contributed by atoms with van der Waals surface area (Å²) in [5.74, 6) is 2.09. The molecule has 0 unspecified atom stereocenters. The number of carbonyl (C=O) groups excluding carboxylic acids is 1. The Kier molecular flexibility index (Phi) is 5.20. The molecule has 2 aromatic carbocycles. The third-order valence-corrected chi connectivity index (χ3v) is 3.25. The van der Waals surface area contributed by atoms with Crippen molar-refractivity contribution >= 4 is 17.9 Å². The third-order valence-electron chi connectivity index (χ3n) is 3.25. The van der Waals surface area contributed by atoms with Crippen molar-refractivity contribution in [1.29, 1.82) is 0 Å². The molecule has 0 spiro atoms. The first-order chi connectivity index (χ1) is 10.7. The Morgan fingerprint density at radius 3 is 1.82 bits per heavy atom. The average Bonchev–Trinajstić information content (AvgIpc) is 2.59. The molecule has 2 rings (SSSR count). The predicted molar refractivity (Wildman–Crippen MR) is 86.5 cm³/mol. The second kappa shape index (κ2) is 7.31. The Balaban J connectivity index is 2.40. The van der Waals surface area contributed by atoms with Crippen molar-refractivity contribution in [2.45, 2.75) is 0 Å². The van der Waals surface area contributed by atoms with Crippen LogP contribution >= 0.6 is 0 Å². The summed E-state index contributed by atoms with van der Waals surface area (Å²) in [7, 11) is 4.78. The summed E-state index contributed by atoms with van der Waals surface area (Å²) in [5.41, 5.74) is 2.21. The molecule has 4 heteroatoms. The molecule has 0 fully saturated rings. The van der Waals surface area contributed by atoms with E-state index < -0.39 is 0 Å². The molecule has 114 valence electrons. The van der Waals surface area contributed by atoms with Crippen molar-refractivity contribution in [3.8, 4) is 17.2 Å². The summed E-state index contributed by atoms with van der Waals surface area (Å²) in [6, 6.07) is 12.8. The van der Waals surface area contributed by atoms with Gasteiger partial charge in [0.05, 0.1) is 21.3 Å². The van der Waals surface area contributed by atoms with Gasteiger partial charge in [0.1, 0.15) is 17.2 Å². The molecule has 4 nitrogen and oxygen atoms in total. The number of benzene rings is 2. The van der Waals surface area contributed by atoms with E-state index in [-0.39, 0.29) is 0 Å². The molecule has 0 aliphatic heterocycles. The lowest BCUT2D eigenvalue weighted by molar-refractivity contribution is -0.103. The zero-order chi connectivity index (χ0) is 15.9. The molecule has 2 aromatic rings. The van der Waals surface area contributed by atoms with Crippen molar-refractivity contribution < 1.29 is 19.0 Å². The normalized spacial score (nSPS) is 11.0. The molecule has 0 saturated heterocycles. The van der Waals surface area contributed by atoms with Crippen LogP contribution in [0.3, 0.4) is 0 Å². The molecule has 0 atom stereocenters. The van der Waals surface area contributed by atoms with Gasteiger partial charge in [-0.25, -0.2) is 0 Å². The molecule has 0 N–H and O–H groups in total. The molecule has 0 saturated carbocycles. The second-order valence-electron chi connectivity index (χ2n) is 4.59. The minimum absolute atomic E-state index is 0.568. The molecule has 0 aliphatic rings. The van der Waals surface area contributed by atoms with E-state index in [1.54, 1.807) is 33.5 Å². The first-order valence-electron chi connectivity index (χ1n) is 6.74. The van der Waals surface area contributed by atoms with Crippen LogP contribution in [0.25, 0.3) is 11.6 Å². The number of hydrogen-bond donors (Lipinski definition) is 0.